The van der Waals surface area contributed by atoms with Gasteiger partial charge in [-0.3, -0.25) is 4.79 Å². The van der Waals surface area contributed by atoms with Crippen molar-refractivity contribution >= 4 is 5.97 Å². The van der Waals surface area contributed by atoms with Crippen LogP contribution in [0.15, 0.2) is 0 Å². The van der Waals surface area contributed by atoms with Crippen LogP contribution in [0.2, 0.25) is 0 Å². The first-order valence-corrected chi connectivity index (χ1v) is 14.2. The minimum absolute atomic E-state index is 0.0883. The van der Waals surface area contributed by atoms with Gasteiger partial charge in [-0.25, -0.2) is 0 Å². The van der Waals surface area contributed by atoms with Crippen molar-refractivity contribution < 1.29 is 9.53 Å². The molecule has 0 aliphatic heterocycles. The van der Waals surface area contributed by atoms with Crippen molar-refractivity contribution in [3.8, 4) is 0 Å². The van der Waals surface area contributed by atoms with E-state index >= 15 is 0 Å². The van der Waals surface area contributed by atoms with Crippen LogP contribution < -0.4 is 0 Å². The average molecular weight is 445 g/mol. The van der Waals surface area contributed by atoms with Crippen LogP contribution in [0, 0.1) is 58.2 Å². The van der Waals surface area contributed by atoms with Crippen molar-refractivity contribution in [2.24, 2.45) is 58.2 Å². The summed E-state index contributed by atoms with van der Waals surface area (Å²) < 4.78 is 5.66. The highest BCUT2D eigenvalue weighted by Gasteiger charge is 2.60. The van der Waals surface area contributed by atoms with E-state index in [1.54, 1.807) is 6.92 Å². The summed E-state index contributed by atoms with van der Waals surface area (Å²) in [6.07, 6.45) is 15.2. The zero-order valence-corrected chi connectivity index (χ0v) is 22.3. The van der Waals surface area contributed by atoms with Crippen LogP contribution in [0.1, 0.15) is 119 Å². The quantitative estimate of drug-likeness (QED) is 0.385. The standard InChI is InChI=1S/C30H52O2/c1-19(2)20(3)8-9-21(4)26-12-13-27-25-11-10-23-18-24(32-22(5)31)14-16-29(23,6)28(25)15-17-30(26,27)7/h19-21,23-28H,8-18H2,1-7H3/t20-,21+,23+,24+,25+,26+,27-,28-,29+,30+/m0/s1. The van der Waals surface area contributed by atoms with Gasteiger partial charge in [-0.05, 0) is 116 Å². The molecule has 32 heavy (non-hydrogen) atoms. The van der Waals surface area contributed by atoms with Gasteiger partial charge in [0.15, 0.2) is 0 Å². The van der Waals surface area contributed by atoms with Gasteiger partial charge >= 0.3 is 5.97 Å². The first kappa shape index (κ1) is 24.6. The first-order chi connectivity index (χ1) is 15.1. The number of hydrogen-bond acceptors (Lipinski definition) is 2. The molecule has 0 aromatic heterocycles. The second-order valence-electron chi connectivity index (χ2n) is 13.7. The lowest BCUT2D eigenvalue weighted by molar-refractivity contribution is -0.160. The lowest BCUT2D eigenvalue weighted by Gasteiger charge is -2.61. The Kier molecular flexibility index (Phi) is 7.11. The van der Waals surface area contributed by atoms with E-state index in [-0.39, 0.29) is 12.1 Å². The van der Waals surface area contributed by atoms with Gasteiger partial charge in [0, 0.05) is 6.92 Å². The summed E-state index contributed by atoms with van der Waals surface area (Å²) in [7, 11) is 0. The smallest absolute Gasteiger partial charge is 0.302 e. The van der Waals surface area contributed by atoms with E-state index in [2.05, 4.69) is 41.5 Å². The molecule has 0 radical (unpaired) electrons. The van der Waals surface area contributed by atoms with Crippen LogP contribution in [0.4, 0.5) is 0 Å². The molecule has 0 unspecified atom stereocenters. The fraction of sp³-hybridized carbons (Fsp3) is 0.967. The van der Waals surface area contributed by atoms with Crippen LogP contribution in [0.5, 0.6) is 0 Å². The third-order valence-electron chi connectivity index (χ3n) is 11.9. The van der Waals surface area contributed by atoms with E-state index in [0.29, 0.717) is 10.8 Å². The molecule has 4 saturated carbocycles. The number of ether oxygens (including phenoxy) is 1. The van der Waals surface area contributed by atoms with E-state index < -0.39 is 0 Å². The highest BCUT2D eigenvalue weighted by atomic mass is 16.5. The molecule has 0 amide bonds. The molecule has 4 aliphatic rings. The molecule has 4 rings (SSSR count). The maximum absolute atomic E-state index is 11.5. The molecule has 2 nitrogen and oxygen atoms in total. The van der Waals surface area contributed by atoms with Gasteiger partial charge in [-0.15, -0.1) is 0 Å². The van der Waals surface area contributed by atoms with Gasteiger partial charge in [-0.2, -0.15) is 0 Å². The molecule has 4 aliphatic carbocycles. The summed E-state index contributed by atoms with van der Waals surface area (Å²) in [5.74, 6) is 6.99. The van der Waals surface area contributed by atoms with E-state index in [9.17, 15) is 4.79 Å². The van der Waals surface area contributed by atoms with Crippen molar-refractivity contribution in [1.82, 2.24) is 0 Å². The van der Waals surface area contributed by atoms with Gasteiger partial charge in [0.2, 0.25) is 0 Å². The van der Waals surface area contributed by atoms with Crippen molar-refractivity contribution in [3.05, 3.63) is 0 Å². The molecular formula is C30H52O2. The van der Waals surface area contributed by atoms with Crippen LogP contribution >= 0.6 is 0 Å². The molecule has 0 N–H and O–H groups in total. The molecule has 2 heteroatoms. The Morgan fingerprint density at radius 1 is 0.875 bits per heavy atom. The highest BCUT2D eigenvalue weighted by Crippen LogP contribution is 2.68. The van der Waals surface area contributed by atoms with Crippen LogP contribution in [-0.4, -0.2) is 12.1 Å². The number of carbonyl (C=O) groups is 1. The topological polar surface area (TPSA) is 26.3 Å². The summed E-state index contributed by atoms with van der Waals surface area (Å²) >= 11 is 0. The Labute approximate surface area is 199 Å². The number of carbonyl (C=O) groups excluding carboxylic acids is 1. The third kappa shape index (κ3) is 4.31. The predicted octanol–water partition coefficient (Wildman–Crippen LogP) is 8.29. The van der Waals surface area contributed by atoms with Crippen LogP contribution in [-0.2, 0) is 9.53 Å². The largest absolute Gasteiger partial charge is 0.463 e. The van der Waals surface area contributed by atoms with E-state index in [4.69, 9.17) is 4.74 Å². The summed E-state index contributed by atoms with van der Waals surface area (Å²) in [6.45, 7) is 16.7. The second kappa shape index (κ2) is 9.26. The third-order valence-corrected chi connectivity index (χ3v) is 11.9. The summed E-state index contributed by atoms with van der Waals surface area (Å²) in [5.41, 5.74) is 1.07. The molecular weight excluding hydrogens is 392 g/mol. The lowest BCUT2D eigenvalue weighted by atomic mass is 9.44. The monoisotopic (exact) mass is 444 g/mol. The Balaban J connectivity index is 1.43. The molecule has 0 spiro atoms. The number of fused-ring (bicyclic) bond motifs is 5. The highest BCUT2D eigenvalue weighted by molar-refractivity contribution is 5.66. The van der Waals surface area contributed by atoms with Gasteiger partial charge in [0.1, 0.15) is 6.10 Å². The van der Waals surface area contributed by atoms with Gasteiger partial charge in [0.25, 0.3) is 0 Å². The number of esters is 1. The van der Waals surface area contributed by atoms with Crippen molar-refractivity contribution in [2.75, 3.05) is 0 Å². The fourth-order valence-electron chi connectivity index (χ4n) is 9.60. The van der Waals surface area contributed by atoms with Gasteiger partial charge in [-0.1, -0.05) is 54.4 Å². The van der Waals surface area contributed by atoms with Crippen LogP contribution in [0.25, 0.3) is 0 Å². The number of hydrogen-bond donors (Lipinski definition) is 0. The van der Waals surface area contributed by atoms with E-state index in [1.807, 2.05) is 0 Å². The van der Waals surface area contributed by atoms with Crippen LogP contribution in [0.3, 0.4) is 0 Å². The van der Waals surface area contributed by atoms with Crippen molar-refractivity contribution in [1.29, 1.82) is 0 Å². The minimum atomic E-state index is -0.0883. The summed E-state index contributed by atoms with van der Waals surface area (Å²) in [6, 6.07) is 0. The molecule has 0 saturated heterocycles. The second-order valence-corrected chi connectivity index (χ2v) is 13.7. The molecule has 0 aromatic carbocycles. The molecule has 0 aromatic rings. The SMILES string of the molecule is CC(=O)O[C@@H]1CC[C@]2(C)[C@H](CC[C@H]3[C@@H]2CC[C@]2(C)[C@@H]([C@H](C)CC[C@H](C)C(C)C)CC[C@@H]32)C1. The molecule has 4 fully saturated rings. The first-order valence-electron chi connectivity index (χ1n) is 14.2. The zero-order chi connectivity index (χ0) is 23.3. The Morgan fingerprint density at radius 2 is 1.56 bits per heavy atom. The molecule has 184 valence electrons. The molecule has 0 heterocycles. The predicted molar refractivity (Wildman–Crippen MR) is 133 cm³/mol. The zero-order valence-electron chi connectivity index (χ0n) is 22.3. The summed E-state index contributed by atoms with van der Waals surface area (Å²) in [4.78, 5) is 11.5. The Bertz CT molecular complexity index is 670. The van der Waals surface area contributed by atoms with Gasteiger partial charge < -0.3 is 4.74 Å². The van der Waals surface area contributed by atoms with E-state index in [1.165, 1.54) is 57.8 Å². The Morgan fingerprint density at radius 3 is 2.25 bits per heavy atom. The summed E-state index contributed by atoms with van der Waals surface area (Å²) in [5, 5.41) is 0. The lowest BCUT2D eigenvalue weighted by Crippen LogP contribution is -2.54. The van der Waals surface area contributed by atoms with Crippen molar-refractivity contribution in [3.63, 3.8) is 0 Å². The normalized spacial score (nSPS) is 45.5. The minimum Gasteiger partial charge on any atom is -0.463 e. The molecule has 10 atom stereocenters. The maximum atomic E-state index is 11.5. The van der Waals surface area contributed by atoms with Gasteiger partial charge in [0.05, 0.1) is 0 Å². The Hall–Kier alpha value is -0.530. The van der Waals surface area contributed by atoms with Crippen molar-refractivity contribution in [2.45, 2.75) is 125 Å². The number of rotatable bonds is 6. The average Bonchev–Trinajstić information content (AvgIpc) is 3.08. The fourth-order valence-corrected chi connectivity index (χ4v) is 9.60. The van der Waals surface area contributed by atoms with E-state index in [0.717, 1.165) is 60.2 Å². The molecule has 0 bridgehead atoms. The maximum Gasteiger partial charge on any atom is 0.302 e.